The fourth-order valence-electron chi connectivity index (χ4n) is 3.03. The number of benzene rings is 1. The van der Waals surface area contributed by atoms with E-state index in [0.717, 1.165) is 11.3 Å². The summed E-state index contributed by atoms with van der Waals surface area (Å²) in [6.07, 6.45) is 4.42. The van der Waals surface area contributed by atoms with Crippen molar-refractivity contribution in [2.75, 3.05) is 6.61 Å². The molecule has 2 aromatic heterocycles. The molecule has 0 aliphatic heterocycles. The first-order chi connectivity index (χ1) is 15.0. The number of rotatable bonds is 8. The molecule has 3 aromatic rings. The van der Waals surface area contributed by atoms with Gasteiger partial charge in [0.25, 0.3) is 5.91 Å². The molecule has 0 saturated heterocycles. The molecule has 8 nitrogen and oxygen atoms in total. The van der Waals surface area contributed by atoms with Crippen molar-refractivity contribution in [3.05, 3.63) is 70.6 Å². The van der Waals surface area contributed by atoms with Gasteiger partial charge in [0.05, 0.1) is 24.1 Å². The van der Waals surface area contributed by atoms with E-state index < -0.39 is 5.91 Å². The van der Waals surface area contributed by atoms with Crippen molar-refractivity contribution in [1.82, 2.24) is 25.6 Å². The van der Waals surface area contributed by atoms with Gasteiger partial charge in [-0.15, -0.1) is 0 Å². The first kappa shape index (κ1) is 22.3. The maximum absolute atomic E-state index is 12.5. The zero-order valence-electron chi connectivity index (χ0n) is 17.4. The van der Waals surface area contributed by atoms with E-state index in [1.54, 1.807) is 23.0 Å². The Morgan fingerprint density at radius 1 is 1.19 bits per heavy atom. The highest BCUT2D eigenvalue weighted by atomic mass is 35.5. The third-order valence-electron chi connectivity index (χ3n) is 4.57. The van der Waals surface area contributed by atoms with Gasteiger partial charge in [-0.25, -0.2) is 9.67 Å². The van der Waals surface area contributed by atoms with Crippen LogP contribution in [0.4, 0.5) is 0 Å². The predicted octanol–water partition coefficient (Wildman–Crippen LogP) is 3.41. The molecule has 0 bridgehead atoms. The van der Waals surface area contributed by atoms with Gasteiger partial charge in [0.1, 0.15) is 5.75 Å². The smallest absolute Gasteiger partial charge is 0.273 e. The Bertz CT molecular complexity index is 1050. The van der Waals surface area contributed by atoms with Crippen LogP contribution in [0.2, 0.25) is 5.02 Å². The van der Waals surface area contributed by atoms with E-state index in [1.165, 1.54) is 6.20 Å². The minimum atomic E-state index is -0.430. The van der Waals surface area contributed by atoms with Crippen LogP contribution in [0.1, 0.15) is 41.4 Å². The summed E-state index contributed by atoms with van der Waals surface area (Å²) in [7, 11) is 0. The van der Waals surface area contributed by atoms with Gasteiger partial charge in [0, 0.05) is 17.6 Å². The number of carbonyl (C=O) groups excluding carboxylic acids is 2. The molecule has 0 aliphatic rings. The SMILES string of the molecule is CCc1c(C(=O)NNC(=O)CCCOc2ccc(Cl)cc2C)cnn1-c1ccccn1. The van der Waals surface area contributed by atoms with Gasteiger partial charge in [0.2, 0.25) is 5.91 Å². The number of amides is 2. The summed E-state index contributed by atoms with van der Waals surface area (Å²) in [5.41, 5.74) is 6.90. The molecule has 0 spiro atoms. The summed E-state index contributed by atoms with van der Waals surface area (Å²) in [5.74, 6) is 0.619. The quantitative estimate of drug-likeness (QED) is 0.412. The van der Waals surface area contributed by atoms with Crippen LogP contribution in [-0.4, -0.2) is 33.2 Å². The highest BCUT2D eigenvalue weighted by Gasteiger charge is 2.18. The second-order valence-corrected chi connectivity index (χ2v) is 7.26. The maximum Gasteiger partial charge on any atom is 0.273 e. The molecule has 9 heteroatoms. The van der Waals surface area contributed by atoms with Crippen molar-refractivity contribution in [2.24, 2.45) is 0 Å². The monoisotopic (exact) mass is 441 g/mol. The average Bonchev–Trinajstić information content (AvgIpc) is 3.21. The Balaban J connectivity index is 1.47. The summed E-state index contributed by atoms with van der Waals surface area (Å²) in [6.45, 7) is 4.21. The Morgan fingerprint density at radius 3 is 2.74 bits per heavy atom. The van der Waals surface area contributed by atoms with E-state index in [9.17, 15) is 9.59 Å². The van der Waals surface area contributed by atoms with Gasteiger partial charge in [-0.05, 0) is 55.7 Å². The van der Waals surface area contributed by atoms with Crippen LogP contribution in [0.25, 0.3) is 5.82 Å². The highest BCUT2D eigenvalue weighted by Crippen LogP contribution is 2.22. The van der Waals surface area contributed by atoms with E-state index in [-0.39, 0.29) is 12.3 Å². The van der Waals surface area contributed by atoms with Gasteiger partial charge in [-0.3, -0.25) is 20.4 Å². The third kappa shape index (κ3) is 5.82. The zero-order chi connectivity index (χ0) is 22.2. The average molecular weight is 442 g/mol. The number of hydrogen-bond donors (Lipinski definition) is 2. The van der Waals surface area contributed by atoms with Crippen molar-refractivity contribution >= 4 is 23.4 Å². The minimum Gasteiger partial charge on any atom is -0.493 e. The number of ether oxygens (including phenoxy) is 1. The molecule has 1 aromatic carbocycles. The fraction of sp³-hybridized carbons (Fsp3) is 0.273. The first-order valence-corrected chi connectivity index (χ1v) is 10.3. The highest BCUT2D eigenvalue weighted by molar-refractivity contribution is 6.30. The molecular formula is C22H24ClN5O3. The standard InChI is InChI=1S/C22H24ClN5O3/c1-3-18-17(14-25-28(18)20-7-4-5-11-24-20)22(30)27-26-21(29)8-6-12-31-19-10-9-16(23)13-15(19)2/h4-5,7,9-11,13-14H,3,6,8,12H2,1-2H3,(H,26,29)(H,27,30). The maximum atomic E-state index is 12.5. The number of halogens is 1. The Hall–Kier alpha value is -3.39. The lowest BCUT2D eigenvalue weighted by molar-refractivity contribution is -0.122. The van der Waals surface area contributed by atoms with Crippen LogP contribution in [0.5, 0.6) is 5.75 Å². The molecule has 0 aliphatic carbocycles. The molecule has 2 amide bonds. The third-order valence-corrected chi connectivity index (χ3v) is 4.81. The summed E-state index contributed by atoms with van der Waals surface area (Å²) in [6, 6.07) is 10.8. The van der Waals surface area contributed by atoms with Crippen LogP contribution < -0.4 is 15.6 Å². The fourth-order valence-corrected chi connectivity index (χ4v) is 3.25. The van der Waals surface area contributed by atoms with Crippen LogP contribution in [0.15, 0.2) is 48.8 Å². The van der Waals surface area contributed by atoms with Crippen molar-refractivity contribution in [2.45, 2.75) is 33.1 Å². The lowest BCUT2D eigenvalue weighted by Crippen LogP contribution is -2.41. The largest absolute Gasteiger partial charge is 0.493 e. The molecule has 0 radical (unpaired) electrons. The summed E-state index contributed by atoms with van der Waals surface area (Å²) >= 11 is 5.92. The molecular weight excluding hydrogens is 418 g/mol. The zero-order valence-corrected chi connectivity index (χ0v) is 18.1. The Morgan fingerprint density at radius 2 is 2.03 bits per heavy atom. The van der Waals surface area contributed by atoms with E-state index in [0.29, 0.717) is 41.5 Å². The number of nitrogens with one attached hydrogen (secondary N) is 2. The molecule has 0 fully saturated rings. The second kappa shape index (κ2) is 10.6. The van der Waals surface area contributed by atoms with Crippen LogP contribution in [0, 0.1) is 6.92 Å². The molecule has 0 unspecified atom stereocenters. The number of nitrogens with zero attached hydrogens (tertiary/aromatic N) is 3. The Labute approximate surface area is 185 Å². The minimum absolute atomic E-state index is 0.209. The van der Waals surface area contributed by atoms with Gasteiger partial charge in [-0.2, -0.15) is 5.10 Å². The summed E-state index contributed by atoms with van der Waals surface area (Å²) in [4.78, 5) is 28.8. The molecule has 0 saturated carbocycles. The van der Waals surface area contributed by atoms with E-state index >= 15 is 0 Å². The molecule has 3 rings (SSSR count). The molecule has 2 heterocycles. The van der Waals surface area contributed by atoms with Crippen LogP contribution >= 0.6 is 11.6 Å². The lowest BCUT2D eigenvalue weighted by Gasteiger charge is -2.10. The van der Waals surface area contributed by atoms with Crippen LogP contribution in [-0.2, 0) is 11.2 Å². The van der Waals surface area contributed by atoms with Crippen molar-refractivity contribution in [3.8, 4) is 11.6 Å². The first-order valence-electron chi connectivity index (χ1n) is 9.96. The number of aromatic nitrogens is 3. The predicted molar refractivity (Wildman–Crippen MR) is 117 cm³/mol. The van der Waals surface area contributed by atoms with Gasteiger partial charge in [0.15, 0.2) is 5.82 Å². The number of aryl methyl sites for hydroxylation is 1. The molecule has 0 atom stereocenters. The topological polar surface area (TPSA) is 98.1 Å². The number of hydrogen-bond acceptors (Lipinski definition) is 5. The number of pyridine rings is 1. The summed E-state index contributed by atoms with van der Waals surface area (Å²) in [5, 5.41) is 4.91. The second-order valence-electron chi connectivity index (χ2n) is 6.82. The Kier molecular flexibility index (Phi) is 7.61. The lowest BCUT2D eigenvalue weighted by atomic mass is 10.2. The number of hydrazine groups is 1. The normalized spacial score (nSPS) is 10.5. The van der Waals surface area contributed by atoms with E-state index in [2.05, 4.69) is 20.9 Å². The molecule has 31 heavy (non-hydrogen) atoms. The van der Waals surface area contributed by atoms with Gasteiger partial charge in [-0.1, -0.05) is 24.6 Å². The van der Waals surface area contributed by atoms with E-state index in [4.69, 9.17) is 16.3 Å². The molecule has 2 N–H and O–H groups in total. The van der Waals surface area contributed by atoms with E-state index in [1.807, 2.05) is 38.1 Å². The summed E-state index contributed by atoms with van der Waals surface area (Å²) < 4.78 is 7.29. The van der Waals surface area contributed by atoms with Crippen molar-refractivity contribution in [3.63, 3.8) is 0 Å². The van der Waals surface area contributed by atoms with Crippen molar-refractivity contribution < 1.29 is 14.3 Å². The van der Waals surface area contributed by atoms with Gasteiger partial charge < -0.3 is 4.74 Å². The van der Waals surface area contributed by atoms with Crippen LogP contribution in [0.3, 0.4) is 0 Å². The molecule has 162 valence electrons. The number of carbonyl (C=O) groups is 2. The van der Waals surface area contributed by atoms with Crippen molar-refractivity contribution in [1.29, 1.82) is 0 Å². The van der Waals surface area contributed by atoms with Gasteiger partial charge >= 0.3 is 0 Å².